The summed E-state index contributed by atoms with van der Waals surface area (Å²) in [6.07, 6.45) is -0.293. The van der Waals surface area contributed by atoms with E-state index in [0.717, 1.165) is 36.1 Å². The Morgan fingerprint density at radius 2 is 1.81 bits per heavy atom. The van der Waals surface area contributed by atoms with E-state index in [9.17, 15) is 22.8 Å². The summed E-state index contributed by atoms with van der Waals surface area (Å²) < 4.78 is 41.8. The van der Waals surface area contributed by atoms with Crippen LogP contribution in [0.2, 0.25) is 15.1 Å². The summed E-state index contributed by atoms with van der Waals surface area (Å²) in [6, 6.07) is 6.95. The molecule has 4 rings (SSSR count). The van der Waals surface area contributed by atoms with Gasteiger partial charge in [-0.15, -0.1) is 0 Å². The van der Waals surface area contributed by atoms with Gasteiger partial charge in [-0.25, -0.2) is 0 Å². The number of carbonyl (C=O) groups excluding carboxylic acids is 2. The molecule has 0 bridgehead atoms. The van der Waals surface area contributed by atoms with E-state index in [4.69, 9.17) is 34.8 Å². The van der Waals surface area contributed by atoms with Crippen molar-refractivity contribution >= 4 is 80.4 Å². The smallest absolute Gasteiger partial charge is 0.350 e. The van der Waals surface area contributed by atoms with Crippen LogP contribution in [0.1, 0.15) is 46.7 Å². The maximum Gasteiger partial charge on any atom is 0.399 e. The van der Waals surface area contributed by atoms with E-state index in [-0.39, 0.29) is 38.1 Å². The van der Waals surface area contributed by atoms with Gasteiger partial charge in [0.05, 0.1) is 26.5 Å². The van der Waals surface area contributed by atoms with Crippen LogP contribution in [0, 0.1) is 0 Å². The summed E-state index contributed by atoms with van der Waals surface area (Å²) >= 11 is 22.9. The van der Waals surface area contributed by atoms with E-state index in [0.29, 0.717) is 22.9 Å². The molecule has 198 valence electrons. The Kier molecular flexibility index (Phi) is 8.80. The maximum absolute atomic E-state index is 13.8. The van der Waals surface area contributed by atoms with Gasteiger partial charge in [0.25, 0.3) is 5.91 Å². The van der Waals surface area contributed by atoms with Crippen LogP contribution < -0.4 is 10.6 Å². The van der Waals surface area contributed by atoms with Gasteiger partial charge in [-0.1, -0.05) is 53.0 Å². The first-order chi connectivity index (χ1) is 17.4. The van der Waals surface area contributed by atoms with E-state index < -0.39 is 23.5 Å². The molecular weight excluding hydrogens is 636 g/mol. The largest absolute Gasteiger partial charge is 0.399 e. The molecule has 1 saturated heterocycles. The monoisotopic (exact) mass is 654 g/mol. The van der Waals surface area contributed by atoms with Gasteiger partial charge in [-0.2, -0.15) is 24.9 Å². The molecular formula is C25H21BrCl3F3N2O2S. The highest BCUT2D eigenvalue weighted by atomic mass is 79.9. The predicted octanol–water partition coefficient (Wildman–Crippen LogP) is 7.65. The number of amides is 2. The summed E-state index contributed by atoms with van der Waals surface area (Å²) in [5, 5.41) is 5.68. The summed E-state index contributed by atoms with van der Waals surface area (Å²) in [6.45, 7) is 0. The molecule has 12 heteroatoms. The summed E-state index contributed by atoms with van der Waals surface area (Å²) in [7, 11) is 0. The van der Waals surface area contributed by atoms with Crippen LogP contribution in [0.25, 0.3) is 6.08 Å². The van der Waals surface area contributed by atoms with Crippen LogP contribution in [0.3, 0.4) is 0 Å². The van der Waals surface area contributed by atoms with Gasteiger partial charge in [0.15, 0.2) is 0 Å². The zero-order valence-corrected chi connectivity index (χ0v) is 23.8. The molecule has 0 radical (unpaired) electrons. The lowest BCUT2D eigenvalue weighted by molar-refractivity contribution is -0.139. The van der Waals surface area contributed by atoms with Crippen molar-refractivity contribution in [3.63, 3.8) is 0 Å². The van der Waals surface area contributed by atoms with Crippen molar-refractivity contribution in [3.8, 4) is 0 Å². The lowest BCUT2D eigenvalue weighted by Crippen LogP contribution is -2.51. The predicted molar refractivity (Wildman–Crippen MR) is 147 cm³/mol. The van der Waals surface area contributed by atoms with E-state index >= 15 is 0 Å². The third-order valence-electron chi connectivity index (χ3n) is 6.24. The van der Waals surface area contributed by atoms with Crippen molar-refractivity contribution in [1.29, 1.82) is 0 Å². The van der Waals surface area contributed by atoms with E-state index in [1.165, 1.54) is 24.3 Å². The van der Waals surface area contributed by atoms with Crippen molar-refractivity contribution in [1.82, 2.24) is 10.6 Å². The number of alkyl halides is 3. The lowest BCUT2D eigenvalue weighted by Gasteiger charge is -2.20. The summed E-state index contributed by atoms with van der Waals surface area (Å²) in [4.78, 5) is 25.6. The van der Waals surface area contributed by atoms with Crippen molar-refractivity contribution in [2.24, 2.45) is 0 Å². The molecule has 2 unspecified atom stereocenters. The fourth-order valence-corrected chi connectivity index (χ4v) is 6.32. The molecule has 1 aliphatic carbocycles. The zero-order chi connectivity index (χ0) is 27.0. The third kappa shape index (κ3) is 6.79. The van der Waals surface area contributed by atoms with Gasteiger partial charge in [-0.05, 0) is 76.3 Å². The zero-order valence-electron chi connectivity index (χ0n) is 19.1. The fourth-order valence-electron chi connectivity index (χ4n) is 3.98. The quantitative estimate of drug-likeness (QED) is 0.301. The fraction of sp³-hybridized carbons (Fsp3) is 0.360. The highest BCUT2D eigenvalue weighted by Gasteiger charge is 2.51. The van der Waals surface area contributed by atoms with Crippen LogP contribution in [0.4, 0.5) is 13.2 Å². The van der Waals surface area contributed by atoms with Crippen LogP contribution >= 0.6 is 62.5 Å². The Balaban J connectivity index is 1.48. The number of hydrogen-bond donors (Lipinski definition) is 2. The van der Waals surface area contributed by atoms with Crippen LogP contribution in [-0.4, -0.2) is 41.1 Å². The maximum atomic E-state index is 13.8. The normalized spacial score (nSPS) is 19.6. The summed E-state index contributed by atoms with van der Waals surface area (Å²) in [5.41, 5.74) is -0.358. The Morgan fingerprint density at radius 1 is 1.14 bits per heavy atom. The number of allylic oxidation sites excluding steroid dienone is 1. The molecule has 2 amide bonds. The molecule has 1 saturated carbocycles. The molecule has 1 aliphatic heterocycles. The molecule has 2 aromatic carbocycles. The van der Waals surface area contributed by atoms with E-state index in [2.05, 4.69) is 26.6 Å². The number of benzene rings is 2. The molecule has 2 aromatic rings. The topological polar surface area (TPSA) is 58.2 Å². The molecule has 0 spiro atoms. The number of nitrogens with one attached hydrogen (secondary N) is 2. The highest BCUT2D eigenvalue weighted by Crippen LogP contribution is 2.41. The Morgan fingerprint density at radius 3 is 2.35 bits per heavy atom. The van der Waals surface area contributed by atoms with Gasteiger partial charge in [0, 0.05) is 16.3 Å². The number of thioether (sulfide) groups is 1. The summed E-state index contributed by atoms with van der Waals surface area (Å²) in [5.74, 6) is -0.723. The highest BCUT2D eigenvalue weighted by molar-refractivity contribution is 9.10. The Labute approximate surface area is 239 Å². The van der Waals surface area contributed by atoms with E-state index in [1.54, 1.807) is 11.8 Å². The SMILES string of the molecule is O=C(NC1(C(=O)NC2CCSC2)CC1)c1ccc(/C=C/C(c2cc(Cl)c(Cl)c(Cl)c2)C(F)(F)F)cc1Br. The second kappa shape index (κ2) is 11.4. The standard InChI is InChI=1S/C25H21BrCl3F3N2O2S/c26-18-9-13(2-4-17(25(30,31)32)14-10-19(27)21(29)20(28)11-14)1-3-16(18)22(35)34-24(6-7-24)23(36)33-15-5-8-37-12-15/h1-4,9-11,15,17H,5-8,12H2,(H,33,36)(H,34,35)/b4-2+. The average Bonchev–Trinajstić information content (AvgIpc) is 3.41. The van der Waals surface area contributed by atoms with Crippen molar-refractivity contribution < 1.29 is 22.8 Å². The second-order valence-corrected chi connectivity index (χ2v) is 12.2. The minimum Gasteiger partial charge on any atom is -0.350 e. The van der Waals surface area contributed by atoms with E-state index in [1.807, 2.05) is 0 Å². The number of hydrogen-bond acceptors (Lipinski definition) is 3. The van der Waals surface area contributed by atoms with Crippen LogP contribution in [0.5, 0.6) is 0 Å². The number of rotatable bonds is 7. The van der Waals surface area contributed by atoms with Crippen LogP contribution in [0.15, 0.2) is 40.9 Å². The molecule has 2 N–H and O–H groups in total. The van der Waals surface area contributed by atoms with Gasteiger partial charge in [0.2, 0.25) is 5.91 Å². The average molecular weight is 657 g/mol. The molecule has 2 aliphatic rings. The number of carbonyl (C=O) groups is 2. The number of halogens is 7. The first-order valence-corrected chi connectivity index (χ1v) is 14.4. The lowest BCUT2D eigenvalue weighted by atomic mass is 9.97. The van der Waals surface area contributed by atoms with Gasteiger partial charge < -0.3 is 10.6 Å². The third-order valence-corrected chi connectivity index (χ3v) is 9.25. The molecule has 4 nitrogen and oxygen atoms in total. The van der Waals surface area contributed by atoms with Gasteiger partial charge in [-0.3, -0.25) is 9.59 Å². The van der Waals surface area contributed by atoms with Crippen LogP contribution in [-0.2, 0) is 4.79 Å². The molecule has 2 fully saturated rings. The minimum atomic E-state index is -4.61. The Bertz CT molecular complexity index is 1230. The van der Waals surface area contributed by atoms with Crippen molar-refractivity contribution in [3.05, 3.63) is 72.6 Å². The molecule has 1 heterocycles. The minimum absolute atomic E-state index is 0.0159. The van der Waals surface area contributed by atoms with Crippen molar-refractivity contribution in [2.45, 2.75) is 42.9 Å². The molecule has 2 atom stereocenters. The Hall–Kier alpha value is -1.39. The second-order valence-electron chi connectivity index (χ2n) is 8.99. The van der Waals surface area contributed by atoms with Gasteiger partial charge >= 0.3 is 6.18 Å². The molecule has 0 aromatic heterocycles. The first-order valence-electron chi connectivity index (χ1n) is 11.3. The van der Waals surface area contributed by atoms with Gasteiger partial charge in [0.1, 0.15) is 5.54 Å². The first kappa shape index (κ1) is 28.6. The van der Waals surface area contributed by atoms with Crippen molar-refractivity contribution in [2.75, 3.05) is 11.5 Å². The molecule has 37 heavy (non-hydrogen) atoms.